The number of amides is 4. The minimum Gasteiger partial charge on any atom is -0.481 e. The van der Waals surface area contributed by atoms with Crippen LogP contribution in [0.5, 0.6) is 0 Å². The fourth-order valence-electron chi connectivity index (χ4n) is 11.1. The SMILES string of the molecule is CCCN1C(=CC=CC2=[N+](CCCS(=O)(=O)O)c3c(cc(-c4cc(C(=O)NCC)nc(C(=O)NCC)c4)c4ccccc34)C2(C)C)C(C)(C)c2cc(-c3cc(C(=O)NCCC(=O)O)nc(C(=O)NCCS(=O)(=O)O)c3)c3ccc(S(=O)(=O)O)cc3c21. The number of carbonyl (C=O) groups excluding carboxylic acids is 4. The van der Waals surface area contributed by atoms with Gasteiger partial charge in [-0.05, 0) is 133 Å². The van der Waals surface area contributed by atoms with Gasteiger partial charge in [-0.25, -0.2) is 9.97 Å². The van der Waals surface area contributed by atoms with Gasteiger partial charge in [-0.1, -0.05) is 51.1 Å². The fourth-order valence-corrected chi connectivity index (χ4v) is 12.5. The Morgan fingerprint density at radius 2 is 1.13 bits per heavy atom. The molecule has 0 aliphatic carbocycles. The number of nitrogens with zero attached hydrogens (tertiary/aromatic N) is 4. The van der Waals surface area contributed by atoms with E-state index in [0.717, 1.165) is 33.4 Å². The molecule has 8 rings (SSSR count). The summed E-state index contributed by atoms with van der Waals surface area (Å²) in [7, 11) is -13.7. The molecule has 4 heterocycles. The lowest BCUT2D eigenvalue weighted by Gasteiger charge is -2.27. The predicted octanol–water partition coefficient (Wildman–Crippen LogP) is 6.99. The first-order chi connectivity index (χ1) is 40.4. The van der Waals surface area contributed by atoms with E-state index < -0.39 is 100 Å². The lowest BCUT2D eigenvalue weighted by Crippen LogP contribution is -2.31. The maximum Gasteiger partial charge on any atom is 0.305 e. The Bertz CT molecular complexity index is 4220. The van der Waals surface area contributed by atoms with Crippen molar-refractivity contribution in [2.24, 2.45) is 0 Å². The molecule has 0 atom stereocenters. The summed E-state index contributed by atoms with van der Waals surface area (Å²) in [6.45, 7) is 13.8. The highest BCUT2D eigenvalue weighted by molar-refractivity contribution is 7.86. The summed E-state index contributed by atoms with van der Waals surface area (Å²) in [5.41, 5.74) is 3.74. The lowest BCUT2D eigenvalue weighted by atomic mass is 9.79. The molecule has 2 aromatic heterocycles. The van der Waals surface area contributed by atoms with Gasteiger partial charge in [0, 0.05) is 67.3 Å². The van der Waals surface area contributed by atoms with E-state index in [1.54, 1.807) is 26.0 Å². The summed E-state index contributed by atoms with van der Waals surface area (Å²) >= 11 is 0. The van der Waals surface area contributed by atoms with Gasteiger partial charge in [0.25, 0.3) is 54.0 Å². The molecule has 26 heteroatoms. The normalized spacial score (nSPS) is 15.1. The summed E-state index contributed by atoms with van der Waals surface area (Å²) in [4.78, 5) is 75.7. The average Bonchev–Trinajstić information content (AvgIpc) is 1.54. The van der Waals surface area contributed by atoms with E-state index in [9.17, 15) is 68.0 Å². The van der Waals surface area contributed by atoms with Crippen LogP contribution in [0.1, 0.15) is 121 Å². The van der Waals surface area contributed by atoms with Crippen molar-refractivity contribution in [1.29, 1.82) is 0 Å². The number of rotatable bonds is 23. The minimum atomic E-state index is -4.81. The molecule has 0 unspecified atom stereocenters. The zero-order valence-electron chi connectivity index (χ0n) is 48.3. The molecule has 23 nitrogen and oxygen atoms in total. The highest BCUT2D eigenvalue weighted by Crippen LogP contribution is 2.54. The zero-order valence-corrected chi connectivity index (χ0v) is 50.8. The standard InChI is InChI=1S/C60H66N8O15S3/c1-8-24-67-50(60(6,7)45-34-42(39-20-19-37(86(81,82)83)32-43(39)54(45)67)36-30-48(57(73)63-22-21-52(69)70)66-49(31-36)58(74)64-23-27-85(78,79)80)17-13-18-51-59(4,5)44-33-41(35-28-46(55(71)61-9-2)65-47(29-35)56(72)62-10-3)38-15-11-12-16-40(38)53(44)68(51)25-14-26-84(75,76)77/h11-13,15-20,28-34H,8-10,14,21-27H2,1-7H3,(H7-,61,62,63,64,69,70,71,72,73,74,75,76,77,78,79,80,81,82,83)/p+1. The highest BCUT2D eigenvalue weighted by atomic mass is 32.2. The third-order valence-electron chi connectivity index (χ3n) is 15.0. The molecule has 0 radical (unpaired) electrons. The van der Waals surface area contributed by atoms with E-state index in [1.807, 2.05) is 98.7 Å². The molecule has 0 fully saturated rings. The molecule has 0 saturated heterocycles. The van der Waals surface area contributed by atoms with Crippen molar-refractivity contribution in [3.05, 3.63) is 137 Å². The Kier molecular flexibility index (Phi) is 18.5. The van der Waals surface area contributed by atoms with Crippen molar-refractivity contribution in [2.45, 2.75) is 83.5 Å². The first kappa shape index (κ1) is 63.7. The number of benzene rings is 4. The maximum atomic E-state index is 13.7. The summed E-state index contributed by atoms with van der Waals surface area (Å²) in [5.74, 6) is -5.27. The second-order valence-corrected chi connectivity index (χ2v) is 26.3. The van der Waals surface area contributed by atoms with E-state index in [4.69, 9.17) is 0 Å². The molecule has 0 bridgehead atoms. The van der Waals surface area contributed by atoms with Crippen molar-refractivity contribution in [1.82, 2.24) is 31.2 Å². The maximum absolute atomic E-state index is 13.7. The smallest absolute Gasteiger partial charge is 0.305 e. The number of hydrogen-bond donors (Lipinski definition) is 8. The molecule has 4 amide bonds. The number of anilines is 1. The van der Waals surface area contributed by atoms with Gasteiger partial charge in [-0.15, -0.1) is 0 Å². The third kappa shape index (κ3) is 13.5. The van der Waals surface area contributed by atoms with Gasteiger partial charge >= 0.3 is 5.97 Å². The lowest BCUT2D eigenvalue weighted by molar-refractivity contribution is -0.435. The van der Waals surface area contributed by atoms with Crippen LogP contribution >= 0.6 is 0 Å². The summed E-state index contributed by atoms with van der Waals surface area (Å²) in [6.07, 6.45) is 5.89. The van der Waals surface area contributed by atoms with Gasteiger partial charge in [-0.3, -0.25) is 37.6 Å². The molecular formula is C60H67N8O15S3+. The number of carboxylic acids is 1. The monoisotopic (exact) mass is 1240 g/mol. The Balaban J connectivity index is 1.31. The van der Waals surface area contributed by atoms with E-state index in [-0.39, 0.29) is 47.8 Å². The topological polar surface area (TPSA) is 349 Å². The molecule has 454 valence electrons. The minimum absolute atomic E-state index is 0.0289. The Morgan fingerprint density at radius 3 is 1.64 bits per heavy atom. The molecule has 86 heavy (non-hydrogen) atoms. The number of aliphatic carboxylic acids is 1. The summed E-state index contributed by atoms with van der Waals surface area (Å²) in [6, 6.07) is 21.4. The Hall–Kier alpha value is -8.27. The molecule has 4 aromatic carbocycles. The number of allylic oxidation sites excluding steroid dienone is 4. The van der Waals surface area contributed by atoms with Gasteiger partial charge in [-0.2, -0.15) is 29.8 Å². The van der Waals surface area contributed by atoms with Crippen LogP contribution in [0.2, 0.25) is 0 Å². The van der Waals surface area contributed by atoms with Gasteiger partial charge in [0.05, 0.1) is 39.3 Å². The highest BCUT2D eigenvalue weighted by Gasteiger charge is 2.47. The van der Waals surface area contributed by atoms with Gasteiger partial charge in [0.2, 0.25) is 5.69 Å². The quantitative estimate of drug-likeness (QED) is 0.0237. The number of aromatic nitrogens is 2. The van der Waals surface area contributed by atoms with Crippen molar-refractivity contribution >= 4 is 98.6 Å². The number of carbonyl (C=O) groups is 5. The second kappa shape index (κ2) is 25.0. The van der Waals surface area contributed by atoms with Crippen LogP contribution in [0.3, 0.4) is 0 Å². The van der Waals surface area contributed by atoms with Crippen LogP contribution in [0, 0.1) is 0 Å². The number of fused-ring (bicyclic) bond motifs is 6. The molecule has 2 aliphatic rings. The van der Waals surface area contributed by atoms with E-state index in [2.05, 4.69) is 31.2 Å². The van der Waals surface area contributed by atoms with Crippen LogP contribution in [-0.4, -0.2) is 145 Å². The summed E-state index contributed by atoms with van der Waals surface area (Å²) in [5, 5.41) is 21.9. The van der Waals surface area contributed by atoms with Crippen LogP contribution in [0.15, 0.2) is 108 Å². The van der Waals surface area contributed by atoms with Crippen molar-refractivity contribution in [2.75, 3.05) is 55.7 Å². The fraction of sp³-hybridized carbons (Fsp3) is 0.333. The number of hydrogen-bond acceptors (Lipinski definition) is 14. The van der Waals surface area contributed by atoms with Gasteiger partial charge < -0.3 is 31.3 Å². The van der Waals surface area contributed by atoms with Crippen LogP contribution in [-0.2, 0) is 46.0 Å². The number of nitrogens with one attached hydrogen (secondary N) is 4. The van der Waals surface area contributed by atoms with Crippen molar-refractivity contribution in [3.63, 3.8) is 0 Å². The van der Waals surface area contributed by atoms with Gasteiger partial charge in [0.15, 0.2) is 5.71 Å². The molecular weight excluding hydrogens is 1170 g/mol. The zero-order chi connectivity index (χ0) is 62.8. The Morgan fingerprint density at radius 1 is 0.616 bits per heavy atom. The molecule has 0 spiro atoms. The second-order valence-electron chi connectivity index (χ2n) is 21.8. The van der Waals surface area contributed by atoms with Crippen molar-refractivity contribution < 1.29 is 72.6 Å². The number of pyridine rings is 2. The molecule has 6 aromatic rings. The first-order valence-corrected chi connectivity index (χ1v) is 32.3. The Labute approximate surface area is 498 Å². The van der Waals surface area contributed by atoms with E-state index in [0.29, 0.717) is 64.8 Å². The third-order valence-corrected chi connectivity index (χ3v) is 17.4. The molecule has 2 aliphatic heterocycles. The van der Waals surface area contributed by atoms with E-state index >= 15 is 0 Å². The van der Waals surface area contributed by atoms with Gasteiger partial charge in [0.1, 0.15) is 29.3 Å². The predicted molar refractivity (Wildman–Crippen MR) is 325 cm³/mol. The van der Waals surface area contributed by atoms with Crippen LogP contribution in [0.4, 0.5) is 11.4 Å². The first-order valence-electron chi connectivity index (χ1n) is 27.7. The number of carboxylic acid groups (broad SMARTS) is 1. The van der Waals surface area contributed by atoms with Crippen LogP contribution < -0.4 is 26.2 Å². The van der Waals surface area contributed by atoms with Crippen LogP contribution in [0.25, 0.3) is 43.8 Å². The van der Waals surface area contributed by atoms with Crippen molar-refractivity contribution in [3.8, 4) is 22.3 Å². The molecule has 8 N–H and O–H groups in total. The summed E-state index contributed by atoms with van der Waals surface area (Å²) < 4.78 is 105. The molecule has 0 saturated carbocycles. The van der Waals surface area contributed by atoms with E-state index in [1.165, 1.54) is 30.3 Å². The average molecular weight is 1240 g/mol. The largest absolute Gasteiger partial charge is 0.481 e.